The van der Waals surface area contributed by atoms with E-state index in [2.05, 4.69) is 37.0 Å². The molecule has 1 atom stereocenters. The number of amides is 1. The fourth-order valence-corrected chi connectivity index (χ4v) is 2.75. The van der Waals surface area contributed by atoms with Crippen molar-refractivity contribution in [2.45, 2.75) is 52.2 Å². The van der Waals surface area contributed by atoms with Gasteiger partial charge in [0.2, 0.25) is 17.8 Å². The summed E-state index contributed by atoms with van der Waals surface area (Å²) in [7, 11) is 0. The minimum Gasteiger partial charge on any atom is -0.352 e. The van der Waals surface area contributed by atoms with E-state index in [4.69, 9.17) is 0 Å². The van der Waals surface area contributed by atoms with E-state index in [1.807, 2.05) is 13.0 Å². The van der Waals surface area contributed by atoms with E-state index in [1.54, 1.807) is 11.3 Å². The lowest BCUT2D eigenvalue weighted by Gasteiger charge is -2.17. The third-order valence-electron chi connectivity index (χ3n) is 3.23. The number of aryl methyl sites for hydroxylation is 1. The monoisotopic (exact) mass is 351 g/mol. The average molecular weight is 351 g/mol. The molecule has 0 aliphatic rings. The van der Waals surface area contributed by atoms with Crippen molar-refractivity contribution in [3.05, 3.63) is 28.2 Å². The number of carbonyl (C=O) groups excluding carboxylic acids is 1. The summed E-state index contributed by atoms with van der Waals surface area (Å²) in [6.45, 7) is 6.09. The molecule has 0 bridgehead atoms. The Hall–Kier alpha value is -2.09. The molecule has 0 aliphatic carbocycles. The normalized spacial score (nSPS) is 12.7. The van der Waals surface area contributed by atoms with Crippen LogP contribution in [0, 0.1) is 0 Å². The third-order valence-corrected chi connectivity index (χ3v) is 4.17. The van der Waals surface area contributed by atoms with E-state index in [0.717, 1.165) is 12.8 Å². The van der Waals surface area contributed by atoms with Crippen LogP contribution in [0.2, 0.25) is 0 Å². The summed E-state index contributed by atoms with van der Waals surface area (Å²) in [6.07, 6.45) is 1.83. The number of halogens is 1. The number of rotatable bonds is 7. The van der Waals surface area contributed by atoms with Gasteiger partial charge in [-0.3, -0.25) is 10.1 Å². The first kappa shape index (κ1) is 18.3. The number of hydrogen-bond donors (Lipinski definition) is 2. The van der Waals surface area contributed by atoms with E-state index in [1.165, 1.54) is 25.6 Å². The van der Waals surface area contributed by atoms with Crippen molar-refractivity contribution in [3.63, 3.8) is 0 Å². The fraction of sp³-hybridized carbons (Fsp3) is 0.500. The van der Waals surface area contributed by atoms with Gasteiger partial charge in [0.05, 0.1) is 0 Å². The maximum absolute atomic E-state index is 14.2. The molecule has 24 heavy (non-hydrogen) atoms. The average Bonchev–Trinajstić information content (AvgIpc) is 2.96. The number of nitrogens with zero attached hydrogens (tertiary/aromatic N) is 3. The highest BCUT2D eigenvalue weighted by molar-refractivity contribution is 7.09. The van der Waals surface area contributed by atoms with Gasteiger partial charge >= 0.3 is 0 Å². The molecule has 2 heterocycles. The van der Waals surface area contributed by atoms with Crippen LogP contribution in [0.1, 0.15) is 44.8 Å². The molecule has 0 aliphatic heterocycles. The first-order valence-corrected chi connectivity index (χ1v) is 8.64. The number of hydrogen-bond acceptors (Lipinski definition) is 6. The van der Waals surface area contributed by atoms with Crippen molar-refractivity contribution in [2.24, 2.45) is 0 Å². The van der Waals surface area contributed by atoms with Crippen molar-refractivity contribution in [1.29, 1.82) is 0 Å². The molecule has 0 saturated heterocycles. The van der Waals surface area contributed by atoms with Crippen LogP contribution in [0.15, 0.2) is 17.5 Å². The summed E-state index contributed by atoms with van der Waals surface area (Å²) in [4.78, 5) is 24.8. The number of carbonyl (C=O) groups is 1. The van der Waals surface area contributed by atoms with Gasteiger partial charge in [0.25, 0.3) is 0 Å². The molecular formula is C16H22FN5OS. The number of thiophene rings is 1. The second kappa shape index (κ2) is 7.65. The van der Waals surface area contributed by atoms with Crippen LogP contribution in [0.4, 0.5) is 16.3 Å². The highest BCUT2D eigenvalue weighted by Crippen LogP contribution is 2.23. The first-order valence-electron chi connectivity index (χ1n) is 7.76. The molecule has 1 amide bonds. The van der Waals surface area contributed by atoms with E-state index >= 15 is 0 Å². The molecule has 8 heteroatoms. The second-order valence-electron chi connectivity index (χ2n) is 6.12. The molecule has 2 N–H and O–H groups in total. The summed E-state index contributed by atoms with van der Waals surface area (Å²) in [6, 6.07) is 4.22. The van der Waals surface area contributed by atoms with Crippen LogP contribution < -0.4 is 10.6 Å². The number of anilines is 2. The van der Waals surface area contributed by atoms with Crippen LogP contribution in [-0.4, -0.2) is 26.9 Å². The van der Waals surface area contributed by atoms with E-state index in [-0.39, 0.29) is 29.7 Å². The number of aromatic nitrogens is 3. The summed E-state index contributed by atoms with van der Waals surface area (Å²) >= 11 is 1.72. The van der Waals surface area contributed by atoms with Gasteiger partial charge in [-0.15, -0.1) is 11.3 Å². The molecule has 0 aromatic carbocycles. The van der Waals surface area contributed by atoms with Crippen molar-refractivity contribution < 1.29 is 9.18 Å². The predicted molar refractivity (Wildman–Crippen MR) is 94.0 cm³/mol. The second-order valence-corrected chi connectivity index (χ2v) is 7.16. The Morgan fingerprint density at radius 3 is 2.62 bits per heavy atom. The molecule has 0 spiro atoms. The van der Waals surface area contributed by atoms with Gasteiger partial charge in [0, 0.05) is 17.8 Å². The molecule has 0 saturated carbocycles. The zero-order chi connectivity index (χ0) is 17.7. The van der Waals surface area contributed by atoms with Crippen LogP contribution in [0.3, 0.4) is 0 Å². The molecule has 2 rings (SSSR count). The molecule has 1 unspecified atom stereocenters. The molecule has 2 aromatic heterocycles. The summed E-state index contributed by atoms with van der Waals surface area (Å²) in [5.41, 5.74) is -1.73. The minimum atomic E-state index is -1.73. The molecule has 0 fully saturated rings. The molecule has 0 radical (unpaired) electrons. The zero-order valence-electron chi connectivity index (χ0n) is 14.3. The standard InChI is InChI=1S/C16H22FN5OS/c1-10(7-8-12-6-5-9-24-12)18-14-20-13(16(3,4)17)21-15(22-14)19-11(2)23/h5-6,9-10H,7-8H2,1-4H3,(H2,18,19,20,21,22,23). The maximum Gasteiger partial charge on any atom is 0.234 e. The molecule has 2 aromatic rings. The lowest BCUT2D eigenvalue weighted by molar-refractivity contribution is -0.114. The van der Waals surface area contributed by atoms with Crippen molar-refractivity contribution in [2.75, 3.05) is 10.6 Å². The Kier molecular flexibility index (Phi) is 5.82. The smallest absolute Gasteiger partial charge is 0.234 e. The lowest BCUT2D eigenvalue weighted by Crippen LogP contribution is -2.23. The van der Waals surface area contributed by atoms with Gasteiger partial charge in [-0.05, 0) is 45.1 Å². The predicted octanol–water partition coefficient (Wildman–Crippen LogP) is 3.53. The van der Waals surface area contributed by atoms with Crippen LogP contribution in [0.5, 0.6) is 0 Å². The van der Waals surface area contributed by atoms with Crippen LogP contribution >= 0.6 is 11.3 Å². The summed E-state index contributed by atoms with van der Waals surface area (Å²) in [5.74, 6) is -0.0333. The van der Waals surface area contributed by atoms with E-state index < -0.39 is 5.67 Å². The van der Waals surface area contributed by atoms with Gasteiger partial charge in [-0.25, -0.2) is 4.39 Å². The summed E-state index contributed by atoms with van der Waals surface area (Å²) in [5, 5.41) is 7.68. The zero-order valence-corrected chi connectivity index (χ0v) is 15.1. The van der Waals surface area contributed by atoms with Crippen molar-refractivity contribution >= 4 is 29.1 Å². The summed E-state index contributed by atoms with van der Waals surface area (Å²) < 4.78 is 14.2. The quantitative estimate of drug-likeness (QED) is 0.798. The highest BCUT2D eigenvalue weighted by atomic mass is 32.1. The first-order chi connectivity index (χ1) is 11.2. The van der Waals surface area contributed by atoms with Crippen LogP contribution in [0.25, 0.3) is 0 Å². The van der Waals surface area contributed by atoms with Gasteiger partial charge in [-0.1, -0.05) is 6.07 Å². The van der Waals surface area contributed by atoms with Gasteiger partial charge < -0.3 is 5.32 Å². The lowest BCUT2D eigenvalue weighted by atomic mass is 10.1. The van der Waals surface area contributed by atoms with Crippen LogP contribution in [-0.2, 0) is 16.9 Å². The molecule has 130 valence electrons. The SMILES string of the molecule is CC(=O)Nc1nc(NC(C)CCc2cccs2)nc(C(C)(C)F)n1. The van der Waals surface area contributed by atoms with Gasteiger partial charge in [0.1, 0.15) is 0 Å². The Bertz CT molecular complexity index is 684. The topological polar surface area (TPSA) is 79.8 Å². The largest absolute Gasteiger partial charge is 0.352 e. The third kappa shape index (κ3) is 5.52. The Labute approximate surface area is 144 Å². The Morgan fingerprint density at radius 2 is 2.04 bits per heavy atom. The number of nitrogens with one attached hydrogen (secondary N) is 2. The molecular weight excluding hydrogens is 329 g/mol. The number of alkyl halides is 1. The van der Waals surface area contributed by atoms with Gasteiger partial charge in [0.15, 0.2) is 11.5 Å². The fourth-order valence-electron chi connectivity index (χ4n) is 2.03. The maximum atomic E-state index is 14.2. The van der Waals surface area contributed by atoms with Crippen molar-refractivity contribution in [3.8, 4) is 0 Å². The van der Waals surface area contributed by atoms with E-state index in [0.29, 0.717) is 0 Å². The minimum absolute atomic E-state index is 0.0193. The van der Waals surface area contributed by atoms with Gasteiger partial charge in [-0.2, -0.15) is 15.0 Å². The Balaban J connectivity index is 2.10. The highest BCUT2D eigenvalue weighted by Gasteiger charge is 2.25. The van der Waals surface area contributed by atoms with E-state index in [9.17, 15) is 9.18 Å². The van der Waals surface area contributed by atoms with Crippen molar-refractivity contribution in [1.82, 2.24) is 15.0 Å². The Morgan fingerprint density at radius 1 is 1.33 bits per heavy atom. The molecule has 6 nitrogen and oxygen atoms in total.